The molecule has 28 heavy (non-hydrogen) atoms. The van der Waals surface area contributed by atoms with Crippen molar-refractivity contribution in [1.82, 2.24) is 0 Å². The maximum absolute atomic E-state index is 13.3. The number of halogens is 1. The van der Waals surface area contributed by atoms with Gasteiger partial charge in [0.1, 0.15) is 29.0 Å². The molecular weight excluding hydrogens is 365 g/mol. The number of rotatable bonds is 5. The van der Waals surface area contributed by atoms with Gasteiger partial charge >= 0.3 is 0 Å². The van der Waals surface area contributed by atoms with Crippen molar-refractivity contribution in [2.75, 3.05) is 5.32 Å². The molecule has 1 aromatic heterocycles. The van der Waals surface area contributed by atoms with E-state index in [0.29, 0.717) is 17.0 Å². The molecule has 8 heteroatoms. The molecule has 0 radical (unpaired) electrons. The van der Waals surface area contributed by atoms with Gasteiger partial charge in [0.2, 0.25) is 0 Å². The van der Waals surface area contributed by atoms with Gasteiger partial charge in [-0.15, -0.1) is 0 Å². The van der Waals surface area contributed by atoms with E-state index in [1.165, 1.54) is 42.5 Å². The van der Waals surface area contributed by atoms with Gasteiger partial charge in [-0.3, -0.25) is 14.9 Å². The van der Waals surface area contributed by atoms with Gasteiger partial charge in [0, 0.05) is 29.5 Å². The molecule has 3 rings (SSSR count). The van der Waals surface area contributed by atoms with Gasteiger partial charge < -0.3 is 9.73 Å². The second-order valence-electron chi connectivity index (χ2n) is 5.64. The minimum Gasteiger partial charge on any atom is -0.457 e. The van der Waals surface area contributed by atoms with Crippen molar-refractivity contribution in [2.24, 2.45) is 0 Å². The van der Waals surface area contributed by atoms with E-state index in [-0.39, 0.29) is 17.0 Å². The summed E-state index contributed by atoms with van der Waals surface area (Å²) in [7, 11) is 0. The van der Waals surface area contributed by atoms with E-state index >= 15 is 0 Å². The highest BCUT2D eigenvalue weighted by molar-refractivity contribution is 6.09. The monoisotopic (exact) mass is 377 g/mol. The van der Waals surface area contributed by atoms with Crippen LogP contribution < -0.4 is 5.32 Å². The molecule has 0 aliphatic rings. The quantitative estimate of drug-likeness (QED) is 0.304. The lowest BCUT2D eigenvalue weighted by molar-refractivity contribution is -0.384. The third-order valence-electron chi connectivity index (χ3n) is 3.72. The van der Waals surface area contributed by atoms with Crippen LogP contribution in [0.2, 0.25) is 0 Å². The molecule has 3 aromatic rings. The lowest BCUT2D eigenvalue weighted by Gasteiger charge is -2.03. The van der Waals surface area contributed by atoms with Crippen LogP contribution in [-0.2, 0) is 4.79 Å². The third kappa shape index (κ3) is 4.28. The number of amides is 1. The Kier molecular flexibility index (Phi) is 5.28. The van der Waals surface area contributed by atoms with Crippen LogP contribution in [0.25, 0.3) is 17.4 Å². The van der Waals surface area contributed by atoms with Gasteiger partial charge in [0.05, 0.1) is 4.92 Å². The molecule has 7 nitrogen and oxygen atoms in total. The van der Waals surface area contributed by atoms with E-state index in [4.69, 9.17) is 4.42 Å². The highest BCUT2D eigenvalue weighted by atomic mass is 19.1. The van der Waals surface area contributed by atoms with Crippen molar-refractivity contribution < 1.29 is 18.5 Å². The number of furan rings is 1. The van der Waals surface area contributed by atoms with Gasteiger partial charge in [-0.2, -0.15) is 5.26 Å². The Labute approximate surface area is 158 Å². The van der Waals surface area contributed by atoms with Crippen molar-refractivity contribution in [3.05, 3.63) is 87.9 Å². The SMILES string of the molecule is N#C/C(=C\c1ccc(-c2cccc(F)c2)o1)C(=O)Nc1ccc([N+](=O)[O-])cc1. The van der Waals surface area contributed by atoms with Crippen LogP contribution in [0, 0.1) is 27.3 Å². The molecule has 1 N–H and O–H groups in total. The average Bonchev–Trinajstić information content (AvgIpc) is 3.15. The summed E-state index contributed by atoms with van der Waals surface area (Å²) < 4.78 is 18.9. The van der Waals surface area contributed by atoms with Crippen molar-refractivity contribution in [2.45, 2.75) is 0 Å². The molecule has 0 bridgehead atoms. The van der Waals surface area contributed by atoms with Crippen LogP contribution in [0.3, 0.4) is 0 Å². The van der Waals surface area contributed by atoms with E-state index in [9.17, 15) is 24.6 Å². The smallest absolute Gasteiger partial charge is 0.269 e. The first-order chi connectivity index (χ1) is 13.5. The van der Waals surface area contributed by atoms with Gasteiger partial charge in [0.15, 0.2) is 0 Å². The highest BCUT2D eigenvalue weighted by Gasteiger charge is 2.13. The average molecular weight is 377 g/mol. The first-order valence-corrected chi connectivity index (χ1v) is 7.99. The van der Waals surface area contributed by atoms with E-state index < -0.39 is 16.6 Å². The summed E-state index contributed by atoms with van der Waals surface area (Å²) in [6, 6.07) is 16.0. The Bertz CT molecular complexity index is 1110. The largest absolute Gasteiger partial charge is 0.457 e. The zero-order chi connectivity index (χ0) is 20.1. The first kappa shape index (κ1) is 18.5. The number of nitriles is 1. The van der Waals surface area contributed by atoms with Crippen LogP contribution in [0.4, 0.5) is 15.8 Å². The fourth-order valence-corrected chi connectivity index (χ4v) is 2.38. The molecule has 0 aliphatic carbocycles. The fraction of sp³-hybridized carbons (Fsp3) is 0. The zero-order valence-electron chi connectivity index (χ0n) is 14.3. The molecule has 0 spiro atoms. The Hall–Kier alpha value is -4.25. The predicted molar refractivity (Wildman–Crippen MR) is 99.4 cm³/mol. The lowest BCUT2D eigenvalue weighted by atomic mass is 10.2. The summed E-state index contributed by atoms with van der Waals surface area (Å²) in [5.41, 5.74) is 0.484. The molecule has 0 fully saturated rings. The normalized spacial score (nSPS) is 10.9. The molecule has 2 aromatic carbocycles. The highest BCUT2D eigenvalue weighted by Crippen LogP contribution is 2.24. The minimum absolute atomic E-state index is 0.116. The number of carbonyl (C=O) groups excluding carboxylic acids is 1. The van der Waals surface area contributed by atoms with Gasteiger partial charge in [-0.05, 0) is 36.4 Å². The molecule has 0 saturated carbocycles. The topological polar surface area (TPSA) is 109 Å². The minimum atomic E-state index is -0.694. The maximum atomic E-state index is 13.3. The molecule has 0 atom stereocenters. The van der Waals surface area contributed by atoms with Crippen molar-refractivity contribution in [3.63, 3.8) is 0 Å². The number of hydrogen-bond donors (Lipinski definition) is 1. The Morgan fingerprint density at radius 2 is 1.93 bits per heavy atom. The van der Waals surface area contributed by atoms with Crippen LogP contribution in [-0.4, -0.2) is 10.8 Å². The summed E-state index contributed by atoms with van der Waals surface area (Å²) in [5.74, 6) is -0.472. The van der Waals surface area contributed by atoms with Crippen molar-refractivity contribution in [1.29, 1.82) is 5.26 Å². The number of nitro groups is 1. The summed E-state index contributed by atoms with van der Waals surface area (Å²) in [5, 5.41) is 22.4. The van der Waals surface area contributed by atoms with E-state index in [1.54, 1.807) is 30.3 Å². The number of nitro benzene ring substituents is 1. The molecule has 0 aliphatic heterocycles. The van der Waals surface area contributed by atoms with Gasteiger partial charge in [-0.1, -0.05) is 12.1 Å². The van der Waals surface area contributed by atoms with Crippen LogP contribution in [0.1, 0.15) is 5.76 Å². The molecular formula is C20H12FN3O4. The number of nitrogens with zero attached hydrogens (tertiary/aromatic N) is 2. The molecule has 0 saturated heterocycles. The Morgan fingerprint density at radius 1 is 1.18 bits per heavy atom. The zero-order valence-corrected chi connectivity index (χ0v) is 14.3. The van der Waals surface area contributed by atoms with E-state index in [0.717, 1.165) is 0 Å². The van der Waals surface area contributed by atoms with Crippen LogP contribution in [0.5, 0.6) is 0 Å². The fourth-order valence-electron chi connectivity index (χ4n) is 2.38. The van der Waals surface area contributed by atoms with Gasteiger partial charge in [0.25, 0.3) is 11.6 Å². The number of carbonyl (C=O) groups is 1. The molecule has 0 unspecified atom stereocenters. The predicted octanol–water partition coefficient (Wildman–Crippen LogP) is 4.54. The summed E-state index contributed by atoms with van der Waals surface area (Å²) in [4.78, 5) is 22.4. The van der Waals surface area contributed by atoms with Crippen LogP contribution in [0.15, 0.2) is 70.7 Å². The van der Waals surface area contributed by atoms with Crippen molar-refractivity contribution in [3.8, 4) is 17.4 Å². The summed E-state index contributed by atoms with van der Waals surface area (Å²) >= 11 is 0. The number of hydrogen-bond acceptors (Lipinski definition) is 5. The first-order valence-electron chi connectivity index (χ1n) is 7.99. The number of nitrogens with one attached hydrogen (secondary N) is 1. The maximum Gasteiger partial charge on any atom is 0.269 e. The standard InChI is InChI=1S/C20H12FN3O4/c21-15-3-1-2-13(10-15)19-9-8-18(28-19)11-14(12-22)20(25)23-16-4-6-17(7-5-16)24(26)27/h1-11H,(H,23,25)/b14-11+. The van der Waals surface area contributed by atoms with Crippen LogP contribution >= 0.6 is 0 Å². The van der Waals surface area contributed by atoms with Gasteiger partial charge in [-0.25, -0.2) is 4.39 Å². The number of non-ortho nitro benzene ring substituents is 1. The summed E-state index contributed by atoms with van der Waals surface area (Å²) in [6.07, 6.45) is 1.25. The van der Waals surface area contributed by atoms with E-state index in [2.05, 4.69) is 5.32 Å². The lowest BCUT2D eigenvalue weighted by Crippen LogP contribution is -2.13. The van der Waals surface area contributed by atoms with E-state index in [1.807, 2.05) is 0 Å². The number of benzene rings is 2. The Balaban J connectivity index is 1.77. The third-order valence-corrected chi connectivity index (χ3v) is 3.72. The second-order valence-corrected chi connectivity index (χ2v) is 5.64. The van der Waals surface area contributed by atoms with Crippen molar-refractivity contribution >= 4 is 23.4 Å². The second kappa shape index (κ2) is 7.97. The number of anilines is 1. The Morgan fingerprint density at radius 3 is 2.57 bits per heavy atom. The summed E-state index contributed by atoms with van der Waals surface area (Å²) in [6.45, 7) is 0. The molecule has 1 amide bonds. The molecule has 1 heterocycles. The molecule has 138 valence electrons.